The molecule has 3 nitrogen and oxygen atoms in total. The molecule has 0 aromatic heterocycles. The molecule has 150 valence electrons. The predicted octanol–water partition coefficient (Wildman–Crippen LogP) is 6.62. The summed E-state index contributed by atoms with van der Waals surface area (Å²) in [6.07, 6.45) is 10.3. The molecule has 0 spiro atoms. The fourth-order valence-corrected chi connectivity index (χ4v) is 4.05. The third-order valence-electron chi connectivity index (χ3n) is 3.61. The molecule has 0 aliphatic rings. The smallest absolute Gasteiger partial charge is 0.374 e. The standard InChI is InChI=1S/C18H39BO3S3/c1-6-8-10-12-14-24-17(4)21-19(20-16(3)23)22-18(5)25-15-13-11-9-7-2/h16-18,23H,6-15H2,1-5H3. The minimum atomic E-state index is -0.649. The second-order valence-corrected chi connectivity index (χ2v) is 9.83. The van der Waals surface area contributed by atoms with Gasteiger partial charge in [-0.2, -0.15) is 0 Å². The maximum Gasteiger partial charge on any atom is 0.641 e. The zero-order valence-electron chi connectivity index (χ0n) is 16.9. The van der Waals surface area contributed by atoms with Crippen LogP contribution in [0.25, 0.3) is 0 Å². The first-order valence-electron chi connectivity index (χ1n) is 9.87. The molecular weight excluding hydrogens is 371 g/mol. The van der Waals surface area contributed by atoms with E-state index in [0.717, 1.165) is 11.5 Å². The van der Waals surface area contributed by atoms with Crippen molar-refractivity contribution in [3.8, 4) is 0 Å². The van der Waals surface area contributed by atoms with E-state index in [1.54, 1.807) is 0 Å². The molecule has 25 heavy (non-hydrogen) atoms. The second-order valence-electron chi connectivity index (χ2n) is 6.29. The van der Waals surface area contributed by atoms with Crippen molar-refractivity contribution in [3.05, 3.63) is 0 Å². The number of thiol groups is 1. The molecule has 0 heterocycles. The van der Waals surface area contributed by atoms with E-state index >= 15 is 0 Å². The summed E-state index contributed by atoms with van der Waals surface area (Å²) in [4.78, 5) is 0. The summed E-state index contributed by atoms with van der Waals surface area (Å²) in [5, 5.41) is 0. The van der Waals surface area contributed by atoms with Crippen molar-refractivity contribution in [1.29, 1.82) is 0 Å². The second kappa shape index (κ2) is 18.4. The van der Waals surface area contributed by atoms with Crippen LogP contribution in [0.4, 0.5) is 0 Å². The van der Waals surface area contributed by atoms with Crippen LogP contribution >= 0.6 is 36.2 Å². The van der Waals surface area contributed by atoms with Crippen LogP contribution in [-0.2, 0) is 14.0 Å². The van der Waals surface area contributed by atoms with E-state index in [1.165, 1.54) is 51.4 Å². The third-order valence-corrected chi connectivity index (χ3v) is 5.95. The zero-order chi connectivity index (χ0) is 18.9. The monoisotopic (exact) mass is 410 g/mol. The Bertz CT molecular complexity index is 264. The first-order chi connectivity index (χ1) is 12.0. The molecule has 3 atom stereocenters. The third kappa shape index (κ3) is 18.1. The lowest BCUT2D eigenvalue weighted by atomic mass is 10.2. The predicted molar refractivity (Wildman–Crippen MR) is 120 cm³/mol. The number of unbranched alkanes of at least 4 members (excludes halogenated alkanes) is 6. The Morgan fingerprint density at radius 2 is 1.16 bits per heavy atom. The molecule has 7 heteroatoms. The van der Waals surface area contributed by atoms with Crippen molar-refractivity contribution in [3.63, 3.8) is 0 Å². The quantitative estimate of drug-likeness (QED) is 0.119. The van der Waals surface area contributed by atoms with E-state index in [1.807, 2.05) is 30.4 Å². The van der Waals surface area contributed by atoms with Crippen LogP contribution in [0.5, 0.6) is 0 Å². The molecule has 0 aliphatic heterocycles. The highest BCUT2D eigenvalue weighted by atomic mass is 32.2. The molecule has 0 radical (unpaired) electrons. The Labute approximate surface area is 171 Å². The van der Waals surface area contributed by atoms with Gasteiger partial charge in [0.05, 0.1) is 16.3 Å². The molecule has 3 unspecified atom stereocenters. The number of thioether (sulfide) groups is 2. The highest BCUT2D eigenvalue weighted by Gasteiger charge is 2.28. The summed E-state index contributed by atoms with van der Waals surface area (Å²) in [5.74, 6) is 2.23. The van der Waals surface area contributed by atoms with Crippen molar-refractivity contribution in [2.45, 2.75) is 102 Å². The lowest BCUT2D eigenvalue weighted by molar-refractivity contribution is 0.0814. The van der Waals surface area contributed by atoms with Gasteiger partial charge in [-0.3, -0.25) is 0 Å². The van der Waals surface area contributed by atoms with Crippen LogP contribution in [-0.4, -0.2) is 35.1 Å². The minimum Gasteiger partial charge on any atom is -0.374 e. The van der Waals surface area contributed by atoms with Gasteiger partial charge in [-0.1, -0.05) is 52.4 Å². The van der Waals surface area contributed by atoms with Crippen LogP contribution in [0.2, 0.25) is 0 Å². The zero-order valence-corrected chi connectivity index (χ0v) is 19.4. The Hall–Kier alpha value is 0.995. The van der Waals surface area contributed by atoms with Gasteiger partial charge in [0.15, 0.2) is 0 Å². The summed E-state index contributed by atoms with van der Waals surface area (Å²) in [6, 6.07) is 0. The normalized spacial score (nSPS) is 15.1. The SMILES string of the molecule is CCCCCCSC(C)OB(OC(C)S)OC(C)SCCCCCC. The molecule has 0 saturated carbocycles. The van der Waals surface area contributed by atoms with E-state index in [4.69, 9.17) is 14.0 Å². The average molecular weight is 411 g/mol. The number of rotatable bonds is 18. The van der Waals surface area contributed by atoms with Crippen LogP contribution < -0.4 is 0 Å². The molecule has 0 bridgehead atoms. The van der Waals surface area contributed by atoms with Crippen molar-refractivity contribution in [2.24, 2.45) is 0 Å². The Morgan fingerprint density at radius 3 is 1.52 bits per heavy atom. The summed E-state index contributed by atoms with van der Waals surface area (Å²) in [7, 11) is -0.649. The topological polar surface area (TPSA) is 27.7 Å². The molecule has 0 N–H and O–H groups in total. The number of hydrogen-bond acceptors (Lipinski definition) is 6. The highest BCUT2D eigenvalue weighted by molar-refractivity contribution is 8.00. The summed E-state index contributed by atoms with van der Waals surface area (Å²) < 4.78 is 17.6. The highest BCUT2D eigenvalue weighted by Crippen LogP contribution is 2.21. The van der Waals surface area contributed by atoms with E-state index in [0.29, 0.717) is 0 Å². The minimum absolute atomic E-state index is 0.0560. The van der Waals surface area contributed by atoms with Crippen molar-refractivity contribution in [2.75, 3.05) is 11.5 Å². The van der Waals surface area contributed by atoms with Gasteiger partial charge in [0, 0.05) is 0 Å². The largest absolute Gasteiger partial charge is 0.641 e. The Balaban J connectivity index is 4.04. The van der Waals surface area contributed by atoms with Gasteiger partial charge in [-0.15, -0.1) is 36.2 Å². The van der Waals surface area contributed by atoms with E-state index in [-0.39, 0.29) is 16.3 Å². The molecule has 0 saturated heterocycles. The maximum absolute atomic E-state index is 5.94. The number of hydrogen-bond donors (Lipinski definition) is 1. The summed E-state index contributed by atoms with van der Waals surface area (Å²) in [5.41, 5.74) is -0.102. The molecule has 0 aliphatic carbocycles. The Kier molecular flexibility index (Phi) is 19.1. The van der Waals surface area contributed by atoms with Crippen LogP contribution in [0.1, 0.15) is 86.0 Å². The molecule has 0 aromatic carbocycles. The van der Waals surface area contributed by atoms with Gasteiger partial charge in [-0.05, 0) is 45.1 Å². The van der Waals surface area contributed by atoms with Crippen LogP contribution in [0, 0.1) is 0 Å². The lowest BCUT2D eigenvalue weighted by Crippen LogP contribution is -2.34. The molecule has 0 amide bonds. The van der Waals surface area contributed by atoms with E-state index < -0.39 is 7.32 Å². The van der Waals surface area contributed by atoms with Gasteiger partial charge in [-0.25, -0.2) is 0 Å². The molecule has 0 aromatic rings. The first kappa shape index (κ1) is 26.0. The van der Waals surface area contributed by atoms with Gasteiger partial charge in [0.25, 0.3) is 0 Å². The maximum atomic E-state index is 5.94. The van der Waals surface area contributed by atoms with Crippen LogP contribution in [0.3, 0.4) is 0 Å². The van der Waals surface area contributed by atoms with Crippen molar-refractivity contribution < 1.29 is 14.0 Å². The van der Waals surface area contributed by atoms with Crippen LogP contribution in [0.15, 0.2) is 0 Å². The van der Waals surface area contributed by atoms with Gasteiger partial charge in [0.2, 0.25) is 0 Å². The van der Waals surface area contributed by atoms with Crippen molar-refractivity contribution >= 4 is 43.5 Å². The first-order valence-corrected chi connectivity index (χ1v) is 12.5. The molecule has 0 rings (SSSR count). The fraction of sp³-hybridized carbons (Fsp3) is 1.00. The lowest BCUT2D eigenvalue weighted by Gasteiger charge is -2.23. The Morgan fingerprint density at radius 1 is 0.720 bits per heavy atom. The fourth-order valence-electron chi connectivity index (χ4n) is 2.20. The summed E-state index contributed by atoms with van der Waals surface area (Å²) in [6.45, 7) is 10.5. The van der Waals surface area contributed by atoms with E-state index in [9.17, 15) is 0 Å². The van der Waals surface area contributed by atoms with Gasteiger partial charge < -0.3 is 14.0 Å². The van der Waals surface area contributed by atoms with E-state index in [2.05, 4.69) is 40.3 Å². The molecule has 0 fully saturated rings. The molecular formula is C18H39BO3S3. The van der Waals surface area contributed by atoms with Gasteiger partial charge >= 0.3 is 7.32 Å². The average Bonchev–Trinajstić information content (AvgIpc) is 2.53. The van der Waals surface area contributed by atoms with Gasteiger partial charge in [0.1, 0.15) is 0 Å². The summed E-state index contributed by atoms with van der Waals surface area (Å²) >= 11 is 7.95. The van der Waals surface area contributed by atoms with Crippen molar-refractivity contribution in [1.82, 2.24) is 0 Å².